The third-order valence-electron chi connectivity index (χ3n) is 5.90. The van der Waals surface area contributed by atoms with Gasteiger partial charge in [-0.25, -0.2) is 4.57 Å². The van der Waals surface area contributed by atoms with E-state index in [-0.39, 0.29) is 16.2 Å². The van der Waals surface area contributed by atoms with Crippen molar-refractivity contribution in [1.82, 2.24) is 14.9 Å². The summed E-state index contributed by atoms with van der Waals surface area (Å²) in [6.07, 6.45) is 7.88. The number of rotatable bonds is 7. The second-order valence-corrected chi connectivity index (χ2v) is 8.37. The Bertz CT molecular complexity index is 1340. The van der Waals surface area contributed by atoms with Crippen molar-refractivity contribution in [2.24, 2.45) is 0 Å². The highest BCUT2D eigenvalue weighted by molar-refractivity contribution is 7.71. The van der Waals surface area contributed by atoms with Crippen LogP contribution in [0.4, 0.5) is 0 Å². The first kappa shape index (κ1) is 22.8. The first-order chi connectivity index (χ1) is 16.0. The Labute approximate surface area is 197 Å². The van der Waals surface area contributed by atoms with Gasteiger partial charge in [-0.2, -0.15) is 0 Å². The molecule has 1 aliphatic rings. The summed E-state index contributed by atoms with van der Waals surface area (Å²) in [5, 5.41) is 3.39. The average Bonchev–Trinajstić information content (AvgIpc) is 2.84. The zero-order valence-electron chi connectivity index (χ0n) is 18.8. The monoisotopic (exact) mass is 465 g/mol. The molecule has 1 aromatic heterocycles. The molecule has 0 aliphatic heterocycles. The number of aromatic amines is 1. The second-order valence-electron chi connectivity index (χ2n) is 7.98. The molecular formula is C25H27N3O4S. The molecular weight excluding hydrogens is 438 g/mol. The van der Waals surface area contributed by atoms with E-state index in [4.69, 9.17) is 21.7 Å². The van der Waals surface area contributed by atoms with Crippen LogP contribution in [0.1, 0.15) is 42.5 Å². The molecule has 7 nitrogen and oxygen atoms in total. The van der Waals surface area contributed by atoms with Gasteiger partial charge in [-0.1, -0.05) is 11.6 Å². The number of methoxy groups -OCH3 is 2. The van der Waals surface area contributed by atoms with Crippen LogP contribution in [0.3, 0.4) is 0 Å². The number of ether oxygens (including phenoxy) is 2. The molecule has 0 atom stereocenters. The first-order valence-electron chi connectivity index (χ1n) is 11.0. The molecule has 1 amide bonds. The van der Waals surface area contributed by atoms with Gasteiger partial charge in [0.05, 0.1) is 30.8 Å². The Morgan fingerprint density at radius 2 is 2.00 bits per heavy atom. The highest BCUT2D eigenvalue weighted by Crippen LogP contribution is 2.27. The van der Waals surface area contributed by atoms with Gasteiger partial charge in [-0.05, 0) is 74.7 Å². The number of H-pyrrole nitrogens is 1. The van der Waals surface area contributed by atoms with Crippen molar-refractivity contribution in [3.63, 3.8) is 0 Å². The van der Waals surface area contributed by atoms with Gasteiger partial charge in [0, 0.05) is 18.2 Å². The predicted molar refractivity (Wildman–Crippen MR) is 131 cm³/mol. The van der Waals surface area contributed by atoms with Crippen molar-refractivity contribution < 1.29 is 14.3 Å². The SMILES string of the molecule is COc1ccc(OC)c(-n2c(=S)[nH]c3cc(C(=O)NCCC4=CCCCC4)ccc3c2=O)c1. The molecule has 0 radical (unpaired) electrons. The second kappa shape index (κ2) is 10.0. The number of fused-ring (bicyclic) bond motifs is 1. The number of amides is 1. The molecule has 2 N–H and O–H groups in total. The van der Waals surface area contributed by atoms with Crippen molar-refractivity contribution >= 4 is 29.0 Å². The quantitative estimate of drug-likeness (QED) is 0.391. The fraction of sp³-hybridized carbons (Fsp3) is 0.320. The molecule has 172 valence electrons. The molecule has 2 aromatic carbocycles. The van der Waals surface area contributed by atoms with Crippen LogP contribution < -0.4 is 20.3 Å². The standard InChI is InChI=1S/C25H27N3O4S/c1-31-18-9-11-22(32-2)21(15-18)28-24(30)19-10-8-17(14-20(19)27-25(28)33)23(29)26-13-12-16-6-4-3-5-7-16/h6,8-11,14-15H,3-5,7,12-13H2,1-2H3,(H,26,29)(H,27,33). The first-order valence-corrected chi connectivity index (χ1v) is 11.4. The van der Waals surface area contributed by atoms with E-state index in [0.717, 1.165) is 19.3 Å². The van der Waals surface area contributed by atoms with Gasteiger partial charge < -0.3 is 19.8 Å². The zero-order chi connectivity index (χ0) is 23.4. The van der Waals surface area contributed by atoms with E-state index in [0.29, 0.717) is 40.2 Å². The van der Waals surface area contributed by atoms with Crippen molar-refractivity contribution in [3.05, 3.63) is 68.7 Å². The Morgan fingerprint density at radius 3 is 2.73 bits per heavy atom. The summed E-state index contributed by atoms with van der Waals surface area (Å²) in [4.78, 5) is 29.1. The Morgan fingerprint density at radius 1 is 1.15 bits per heavy atom. The normalized spacial score (nSPS) is 13.5. The summed E-state index contributed by atoms with van der Waals surface area (Å²) in [6, 6.07) is 10.1. The smallest absolute Gasteiger partial charge is 0.266 e. The summed E-state index contributed by atoms with van der Waals surface area (Å²) < 4.78 is 12.3. The third kappa shape index (κ3) is 4.85. The Balaban J connectivity index is 1.63. The summed E-state index contributed by atoms with van der Waals surface area (Å²) in [5.41, 5.74) is 2.56. The van der Waals surface area contributed by atoms with Gasteiger partial charge >= 0.3 is 0 Å². The van der Waals surface area contributed by atoms with Gasteiger partial charge in [0.25, 0.3) is 11.5 Å². The van der Waals surface area contributed by atoms with Crippen LogP contribution in [0, 0.1) is 4.77 Å². The molecule has 3 aromatic rings. The fourth-order valence-electron chi connectivity index (χ4n) is 4.12. The van der Waals surface area contributed by atoms with Gasteiger partial charge in [0.15, 0.2) is 4.77 Å². The lowest BCUT2D eigenvalue weighted by Gasteiger charge is -2.14. The van der Waals surface area contributed by atoms with Gasteiger partial charge in [0.1, 0.15) is 11.5 Å². The van der Waals surface area contributed by atoms with E-state index in [2.05, 4.69) is 16.4 Å². The molecule has 1 aliphatic carbocycles. The van der Waals surface area contributed by atoms with E-state index < -0.39 is 0 Å². The number of hydrogen-bond donors (Lipinski definition) is 2. The molecule has 0 saturated carbocycles. The highest BCUT2D eigenvalue weighted by atomic mass is 32.1. The summed E-state index contributed by atoms with van der Waals surface area (Å²) in [7, 11) is 3.08. The van der Waals surface area contributed by atoms with Crippen LogP contribution >= 0.6 is 12.2 Å². The van der Waals surface area contributed by atoms with Crippen molar-refractivity contribution in [2.75, 3.05) is 20.8 Å². The van der Waals surface area contributed by atoms with Crippen LogP contribution in [-0.4, -0.2) is 36.2 Å². The van der Waals surface area contributed by atoms with E-state index in [1.54, 1.807) is 43.5 Å². The number of carbonyl (C=O) groups excluding carboxylic acids is 1. The van der Waals surface area contributed by atoms with Crippen molar-refractivity contribution in [2.45, 2.75) is 32.1 Å². The average molecular weight is 466 g/mol. The number of nitrogens with zero attached hydrogens (tertiary/aromatic N) is 1. The van der Waals surface area contributed by atoms with Crippen LogP contribution in [0.5, 0.6) is 11.5 Å². The number of nitrogens with one attached hydrogen (secondary N) is 2. The van der Waals surface area contributed by atoms with E-state index in [9.17, 15) is 9.59 Å². The lowest BCUT2D eigenvalue weighted by Crippen LogP contribution is -2.25. The van der Waals surface area contributed by atoms with E-state index in [1.807, 2.05) is 0 Å². The minimum atomic E-state index is -0.309. The van der Waals surface area contributed by atoms with Crippen LogP contribution in [0.2, 0.25) is 0 Å². The number of allylic oxidation sites excluding steroid dienone is 1. The number of hydrogen-bond acceptors (Lipinski definition) is 5. The van der Waals surface area contributed by atoms with Crippen LogP contribution in [0.15, 0.2) is 52.8 Å². The van der Waals surface area contributed by atoms with Crippen LogP contribution in [-0.2, 0) is 0 Å². The zero-order valence-corrected chi connectivity index (χ0v) is 19.6. The van der Waals surface area contributed by atoms with Gasteiger partial charge in [-0.3, -0.25) is 9.59 Å². The molecule has 8 heteroatoms. The van der Waals surface area contributed by atoms with Crippen molar-refractivity contribution in [3.8, 4) is 17.2 Å². The minimum absolute atomic E-state index is 0.175. The fourth-order valence-corrected chi connectivity index (χ4v) is 4.41. The number of aromatic nitrogens is 2. The highest BCUT2D eigenvalue weighted by Gasteiger charge is 2.15. The Hall–Kier alpha value is -3.39. The van der Waals surface area contributed by atoms with Crippen LogP contribution in [0.25, 0.3) is 16.6 Å². The summed E-state index contributed by atoms with van der Waals surface area (Å²) in [6.45, 7) is 0.593. The molecule has 1 heterocycles. The number of benzene rings is 2. The molecule has 0 fully saturated rings. The molecule has 0 spiro atoms. The van der Waals surface area contributed by atoms with Gasteiger partial charge in [-0.15, -0.1) is 0 Å². The third-order valence-corrected chi connectivity index (χ3v) is 6.19. The van der Waals surface area contributed by atoms with E-state index in [1.165, 1.54) is 30.1 Å². The topological polar surface area (TPSA) is 85.3 Å². The lowest BCUT2D eigenvalue weighted by atomic mass is 9.97. The minimum Gasteiger partial charge on any atom is -0.497 e. The van der Waals surface area contributed by atoms with Crippen molar-refractivity contribution in [1.29, 1.82) is 0 Å². The maximum absolute atomic E-state index is 13.3. The predicted octanol–water partition coefficient (Wildman–Crippen LogP) is 4.69. The van der Waals surface area contributed by atoms with Gasteiger partial charge in [0.2, 0.25) is 0 Å². The Kier molecular flexibility index (Phi) is 6.93. The number of carbonyl (C=O) groups is 1. The molecule has 33 heavy (non-hydrogen) atoms. The summed E-state index contributed by atoms with van der Waals surface area (Å²) >= 11 is 5.49. The molecule has 0 saturated heterocycles. The van der Waals surface area contributed by atoms with E-state index >= 15 is 0 Å². The maximum Gasteiger partial charge on any atom is 0.266 e. The maximum atomic E-state index is 13.3. The lowest BCUT2D eigenvalue weighted by molar-refractivity contribution is 0.0954. The molecule has 0 bridgehead atoms. The largest absolute Gasteiger partial charge is 0.497 e. The molecule has 0 unspecified atom stereocenters. The summed E-state index contributed by atoms with van der Waals surface area (Å²) in [5.74, 6) is 0.885. The molecule has 4 rings (SSSR count).